The Morgan fingerprint density at radius 2 is 2.28 bits per heavy atom. The number of H-pyrrole nitrogens is 1. The van der Waals surface area contributed by atoms with Gasteiger partial charge in [0, 0.05) is 6.20 Å². The summed E-state index contributed by atoms with van der Waals surface area (Å²) in [6.07, 6.45) is 1.73. The van der Waals surface area contributed by atoms with Crippen molar-refractivity contribution in [2.45, 2.75) is 6.92 Å². The van der Waals surface area contributed by atoms with Crippen LogP contribution in [0.4, 0.5) is 5.82 Å². The average Bonchev–Trinajstić information content (AvgIpc) is 2.92. The highest BCUT2D eigenvalue weighted by molar-refractivity contribution is 7.17. The molecule has 3 rings (SSSR count). The summed E-state index contributed by atoms with van der Waals surface area (Å²) < 4.78 is 1.08. The van der Waals surface area contributed by atoms with Gasteiger partial charge in [0.15, 0.2) is 0 Å². The second-order valence-corrected chi connectivity index (χ2v) is 5.00. The summed E-state index contributed by atoms with van der Waals surface area (Å²) in [4.78, 5) is 19.2. The molecule has 0 aromatic carbocycles. The van der Waals surface area contributed by atoms with Crippen molar-refractivity contribution < 1.29 is 4.79 Å². The van der Waals surface area contributed by atoms with Gasteiger partial charge in [0.25, 0.3) is 5.91 Å². The first-order valence-corrected chi connectivity index (χ1v) is 6.40. The number of aryl methyl sites for hydroxylation is 1. The molecule has 5 heteroatoms. The molecule has 0 spiro atoms. The van der Waals surface area contributed by atoms with Gasteiger partial charge in [0.2, 0.25) is 0 Å². The highest BCUT2D eigenvalue weighted by Crippen LogP contribution is 2.21. The van der Waals surface area contributed by atoms with Gasteiger partial charge in [-0.2, -0.15) is 0 Å². The number of anilines is 1. The summed E-state index contributed by atoms with van der Waals surface area (Å²) in [5, 5.41) is 4.75. The lowest BCUT2D eigenvalue weighted by Crippen LogP contribution is -2.13. The molecule has 0 radical (unpaired) electrons. The number of carbonyl (C=O) groups is 1. The molecule has 1 amide bonds. The van der Waals surface area contributed by atoms with E-state index in [0.29, 0.717) is 11.5 Å². The molecule has 3 aromatic rings. The van der Waals surface area contributed by atoms with E-state index in [1.807, 2.05) is 30.5 Å². The number of hydrogen-bond donors (Lipinski definition) is 2. The molecule has 0 aliphatic carbocycles. The molecule has 0 saturated carbocycles. The monoisotopic (exact) mass is 257 g/mol. The zero-order chi connectivity index (χ0) is 12.5. The van der Waals surface area contributed by atoms with E-state index in [2.05, 4.69) is 15.3 Å². The zero-order valence-electron chi connectivity index (χ0n) is 9.73. The molecular formula is C13H11N3OS. The molecule has 0 saturated heterocycles. The molecule has 3 heterocycles. The van der Waals surface area contributed by atoms with E-state index in [-0.39, 0.29) is 5.91 Å². The maximum Gasteiger partial charge on any atom is 0.273 e. The molecule has 0 aliphatic heterocycles. The number of hydrogen-bond acceptors (Lipinski definition) is 3. The van der Waals surface area contributed by atoms with Crippen LogP contribution in [-0.2, 0) is 0 Å². The third kappa shape index (κ3) is 2.00. The first kappa shape index (κ1) is 11.0. The van der Waals surface area contributed by atoms with E-state index in [0.717, 1.165) is 15.8 Å². The number of fused-ring (bicyclic) bond motifs is 1. The first-order chi connectivity index (χ1) is 8.72. The van der Waals surface area contributed by atoms with Crippen molar-refractivity contribution in [2.24, 2.45) is 0 Å². The van der Waals surface area contributed by atoms with Crippen LogP contribution >= 0.6 is 11.3 Å². The Balaban J connectivity index is 1.82. The van der Waals surface area contributed by atoms with Crippen molar-refractivity contribution >= 4 is 33.3 Å². The minimum atomic E-state index is -0.172. The molecule has 0 atom stereocenters. The van der Waals surface area contributed by atoms with Crippen molar-refractivity contribution in [1.29, 1.82) is 0 Å². The highest BCUT2D eigenvalue weighted by Gasteiger charge is 2.10. The number of nitrogens with one attached hydrogen (secondary N) is 2. The van der Waals surface area contributed by atoms with Gasteiger partial charge < -0.3 is 10.3 Å². The molecule has 18 heavy (non-hydrogen) atoms. The fourth-order valence-electron chi connectivity index (χ4n) is 1.70. The Morgan fingerprint density at radius 1 is 1.39 bits per heavy atom. The van der Waals surface area contributed by atoms with E-state index < -0.39 is 0 Å². The maximum atomic E-state index is 12.0. The Bertz CT molecular complexity index is 668. The summed E-state index contributed by atoms with van der Waals surface area (Å²) in [5.74, 6) is 0.387. The number of pyridine rings is 1. The number of nitrogens with zero attached hydrogens (tertiary/aromatic N) is 1. The lowest BCUT2D eigenvalue weighted by Gasteiger charge is -2.02. The number of thiophene rings is 1. The van der Waals surface area contributed by atoms with Crippen LogP contribution in [0.25, 0.3) is 10.2 Å². The molecule has 0 fully saturated rings. The number of rotatable bonds is 2. The van der Waals surface area contributed by atoms with Gasteiger partial charge in [-0.25, -0.2) is 4.98 Å². The SMILES string of the molecule is Cc1ccc(NC(=O)c2cc3sccc3[nH]2)nc1. The molecule has 2 N–H and O–H groups in total. The first-order valence-electron chi connectivity index (χ1n) is 5.52. The van der Waals surface area contributed by atoms with Gasteiger partial charge >= 0.3 is 0 Å². The van der Waals surface area contributed by atoms with E-state index in [9.17, 15) is 4.79 Å². The van der Waals surface area contributed by atoms with Crippen molar-refractivity contribution in [3.05, 3.63) is 47.1 Å². The molecule has 90 valence electrons. The summed E-state index contributed by atoms with van der Waals surface area (Å²) in [6, 6.07) is 7.51. The third-order valence-electron chi connectivity index (χ3n) is 2.64. The summed E-state index contributed by atoms with van der Waals surface area (Å²) in [5.41, 5.74) is 2.61. The number of carbonyl (C=O) groups excluding carboxylic acids is 1. The van der Waals surface area contributed by atoms with Gasteiger partial charge in [-0.3, -0.25) is 4.79 Å². The molecule has 0 aliphatic rings. The predicted molar refractivity (Wildman–Crippen MR) is 73.1 cm³/mol. The standard InChI is InChI=1S/C13H11N3OS/c1-8-2-3-12(14-7-8)16-13(17)10-6-11-9(15-10)4-5-18-11/h2-7,15H,1H3,(H,14,16,17). The highest BCUT2D eigenvalue weighted by atomic mass is 32.1. The molecule has 3 aromatic heterocycles. The average molecular weight is 257 g/mol. The van der Waals surface area contributed by atoms with Crippen LogP contribution < -0.4 is 5.32 Å². The minimum Gasteiger partial charge on any atom is -0.350 e. The number of aromatic nitrogens is 2. The van der Waals surface area contributed by atoms with E-state index in [1.165, 1.54) is 0 Å². The Morgan fingerprint density at radius 3 is 3.00 bits per heavy atom. The van der Waals surface area contributed by atoms with Crippen LogP contribution in [-0.4, -0.2) is 15.9 Å². The van der Waals surface area contributed by atoms with Crippen molar-refractivity contribution in [2.75, 3.05) is 5.32 Å². The summed E-state index contributed by atoms with van der Waals surface area (Å²) in [6.45, 7) is 1.96. The van der Waals surface area contributed by atoms with Crippen molar-refractivity contribution in [3.8, 4) is 0 Å². The lowest BCUT2D eigenvalue weighted by molar-refractivity contribution is 0.102. The molecular weight excluding hydrogens is 246 g/mol. The maximum absolute atomic E-state index is 12.0. The lowest BCUT2D eigenvalue weighted by atomic mass is 10.3. The second kappa shape index (κ2) is 4.27. The largest absolute Gasteiger partial charge is 0.350 e. The van der Waals surface area contributed by atoms with Gasteiger partial charge in [-0.05, 0) is 36.1 Å². The zero-order valence-corrected chi connectivity index (χ0v) is 10.5. The normalized spacial score (nSPS) is 10.7. The van der Waals surface area contributed by atoms with Gasteiger partial charge in [-0.15, -0.1) is 11.3 Å². The van der Waals surface area contributed by atoms with Crippen LogP contribution in [0.3, 0.4) is 0 Å². The fourth-order valence-corrected chi connectivity index (χ4v) is 2.48. The van der Waals surface area contributed by atoms with Crippen LogP contribution in [0.5, 0.6) is 0 Å². The van der Waals surface area contributed by atoms with Gasteiger partial charge in [0.05, 0.1) is 10.2 Å². The number of amides is 1. The van der Waals surface area contributed by atoms with Crippen LogP contribution in [0, 0.1) is 6.92 Å². The van der Waals surface area contributed by atoms with Gasteiger partial charge in [-0.1, -0.05) is 6.07 Å². The Hall–Kier alpha value is -2.14. The van der Waals surface area contributed by atoms with Crippen LogP contribution in [0.1, 0.15) is 16.1 Å². The quantitative estimate of drug-likeness (QED) is 0.740. The molecule has 0 bridgehead atoms. The third-order valence-corrected chi connectivity index (χ3v) is 3.50. The molecule has 0 unspecified atom stereocenters. The topological polar surface area (TPSA) is 57.8 Å². The van der Waals surface area contributed by atoms with E-state index >= 15 is 0 Å². The smallest absolute Gasteiger partial charge is 0.273 e. The fraction of sp³-hybridized carbons (Fsp3) is 0.0769. The van der Waals surface area contributed by atoms with Crippen molar-refractivity contribution in [3.63, 3.8) is 0 Å². The summed E-state index contributed by atoms with van der Waals surface area (Å²) in [7, 11) is 0. The Kier molecular flexibility index (Phi) is 2.60. The predicted octanol–water partition coefficient (Wildman–Crippen LogP) is 3.19. The van der Waals surface area contributed by atoms with Crippen molar-refractivity contribution in [1.82, 2.24) is 9.97 Å². The van der Waals surface area contributed by atoms with E-state index in [4.69, 9.17) is 0 Å². The number of aromatic amines is 1. The Labute approximate surface area is 108 Å². The second-order valence-electron chi connectivity index (χ2n) is 4.06. The van der Waals surface area contributed by atoms with Crippen LogP contribution in [0.15, 0.2) is 35.8 Å². The molecule has 4 nitrogen and oxygen atoms in total. The minimum absolute atomic E-state index is 0.172. The van der Waals surface area contributed by atoms with Gasteiger partial charge in [0.1, 0.15) is 11.5 Å². The van der Waals surface area contributed by atoms with E-state index in [1.54, 1.807) is 23.6 Å². The van der Waals surface area contributed by atoms with Crippen LogP contribution in [0.2, 0.25) is 0 Å². The summed E-state index contributed by atoms with van der Waals surface area (Å²) >= 11 is 1.61.